The summed E-state index contributed by atoms with van der Waals surface area (Å²) in [4.78, 5) is 0. The zero-order valence-electron chi connectivity index (χ0n) is 11.3. The first kappa shape index (κ1) is 12.8. The molecule has 0 radical (unpaired) electrons. The summed E-state index contributed by atoms with van der Waals surface area (Å²) in [5.74, 6) is -0.163. The molecule has 0 aliphatic rings. The van der Waals surface area contributed by atoms with Crippen LogP contribution in [-0.4, -0.2) is 0 Å². The van der Waals surface area contributed by atoms with Crippen LogP contribution in [0.1, 0.15) is 30.5 Å². The Labute approximate surface area is 108 Å². The highest BCUT2D eigenvalue weighted by Crippen LogP contribution is 2.29. The molecule has 0 saturated carbocycles. The van der Waals surface area contributed by atoms with Gasteiger partial charge in [0.15, 0.2) is 0 Å². The van der Waals surface area contributed by atoms with Crippen LogP contribution < -0.4 is 0 Å². The summed E-state index contributed by atoms with van der Waals surface area (Å²) in [7, 11) is 0. The molecular weight excluding hydrogens is 223 g/mol. The van der Waals surface area contributed by atoms with Crippen LogP contribution >= 0.6 is 0 Å². The van der Waals surface area contributed by atoms with E-state index >= 15 is 0 Å². The SMILES string of the molecule is CCc1ccc(C)c(-c2cc(F)ccc2CC)c1. The van der Waals surface area contributed by atoms with Gasteiger partial charge in [-0.2, -0.15) is 0 Å². The van der Waals surface area contributed by atoms with Crippen molar-refractivity contribution in [3.63, 3.8) is 0 Å². The van der Waals surface area contributed by atoms with E-state index in [9.17, 15) is 4.39 Å². The van der Waals surface area contributed by atoms with E-state index in [0.717, 1.165) is 24.0 Å². The molecule has 0 spiro atoms. The molecular formula is C17H19F. The molecule has 0 bridgehead atoms. The molecule has 1 heteroatoms. The maximum Gasteiger partial charge on any atom is 0.123 e. The van der Waals surface area contributed by atoms with Crippen LogP contribution in [0, 0.1) is 12.7 Å². The molecule has 2 aromatic rings. The second kappa shape index (κ2) is 5.34. The smallest absolute Gasteiger partial charge is 0.123 e. The molecule has 0 fully saturated rings. The van der Waals surface area contributed by atoms with Gasteiger partial charge in [0.25, 0.3) is 0 Å². The van der Waals surface area contributed by atoms with Gasteiger partial charge in [-0.1, -0.05) is 38.1 Å². The number of aryl methyl sites for hydroxylation is 3. The van der Waals surface area contributed by atoms with Gasteiger partial charge in [0.05, 0.1) is 0 Å². The third-order valence-electron chi connectivity index (χ3n) is 3.45. The predicted molar refractivity (Wildman–Crippen MR) is 75.3 cm³/mol. The van der Waals surface area contributed by atoms with Crippen LogP contribution in [0.4, 0.5) is 4.39 Å². The van der Waals surface area contributed by atoms with Gasteiger partial charge < -0.3 is 0 Å². The summed E-state index contributed by atoms with van der Waals surface area (Å²) in [5.41, 5.74) is 5.89. The second-order valence-corrected chi connectivity index (χ2v) is 4.66. The Kier molecular flexibility index (Phi) is 3.81. The molecule has 2 aromatic carbocycles. The zero-order chi connectivity index (χ0) is 13.1. The standard InChI is InChI=1S/C17H19F/c1-4-13-7-6-12(3)16(10-13)17-11-15(18)9-8-14(17)5-2/h6-11H,4-5H2,1-3H3. The highest BCUT2D eigenvalue weighted by molar-refractivity contribution is 5.71. The largest absolute Gasteiger partial charge is 0.207 e. The molecule has 0 aliphatic heterocycles. The van der Waals surface area contributed by atoms with E-state index in [4.69, 9.17) is 0 Å². The number of halogens is 1. The fraction of sp³-hybridized carbons (Fsp3) is 0.294. The maximum atomic E-state index is 13.5. The Bertz CT molecular complexity index is 556. The molecule has 0 unspecified atom stereocenters. The first-order chi connectivity index (χ1) is 8.65. The molecule has 0 atom stereocenters. The summed E-state index contributed by atoms with van der Waals surface area (Å²) < 4.78 is 13.5. The van der Waals surface area contributed by atoms with Crippen molar-refractivity contribution >= 4 is 0 Å². The molecule has 0 saturated heterocycles. The van der Waals surface area contributed by atoms with Crippen LogP contribution in [0.2, 0.25) is 0 Å². The third-order valence-corrected chi connectivity index (χ3v) is 3.45. The van der Waals surface area contributed by atoms with Gasteiger partial charge in [0, 0.05) is 0 Å². The first-order valence-corrected chi connectivity index (χ1v) is 6.54. The summed E-state index contributed by atoms with van der Waals surface area (Å²) in [6.45, 7) is 6.33. The van der Waals surface area contributed by atoms with Crippen LogP contribution in [0.5, 0.6) is 0 Å². The van der Waals surface area contributed by atoms with E-state index in [2.05, 4.69) is 39.0 Å². The quantitative estimate of drug-likeness (QED) is 0.716. The van der Waals surface area contributed by atoms with Crippen molar-refractivity contribution in [2.45, 2.75) is 33.6 Å². The van der Waals surface area contributed by atoms with Crippen molar-refractivity contribution in [3.05, 3.63) is 58.9 Å². The topological polar surface area (TPSA) is 0 Å². The summed E-state index contributed by atoms with van der Waals surface area (Å²) in [5, 5.41) is 0. The molecule has 94 valence electrons. The van der Waals surface area contributed by atoms with E-state index in [1.807, 2.05) is 6.07 Å². The van der Waals surface area contributed by atoms with Crippen LogP contribution in [0.25, 0.3) is 11.1 Å². The lowest BCUT2D eigenvalue weighted by Crippen LogP contribution is -1.93. The van der Waals surface area contributed by atoms with Crippen molar-refractivity contribution in [2.24, 2.45) is 0 Å². The van der Waals surface area contributed by atoms with E-state index in [1.54, 1.807) is 12.1 Å². The van der Waals surface area contributed by atoms with E-state index in [0.29, 0.717) is 0 Å². The Hall–Kier alpha value is -1.63. The first-order valence-electron chi connectivity index (χ1n) is 6.54. The van der Waals surface area contributed by atoms with Crippen molar-refractivity contribution in [1.29, 1.82) is 0 Å². The van der Waals surface area contributed by atoms with Crippen molar-refractivity contribution < 1.29 is 4.39 Å². The van der Waals surface area contributed by atoms with Crippen LogP contribution in [0.3, 0.4) is 0 Å². The Morgan fingerprint density at radius 3 is 2.33 bits per heavy atom. The molecule has 18 heavy (non-hydrogen) atoms. The van der Waals surface area contributed by atoms with Gasteiger partial charge in [-0.3, -0.25) is 0 Å². The number of rotatable bonds is 3. The summed E-state index contributed by atoms with van der Waals surface area (Å²) in [6.07, 6.45) is 1.93. The van der Waals surface area contributed by atoms with Crippen molar-refractivity contribution in [1.82, 2.24) is 0 Å². The lowest BCUT2D eigenvalue weighted by Gasteiger charge is -2.12. The monoisotopic (exact) mass is 242 g/mol. The lowest BCUT2D eigenvalue weighted by molar-refractivity contribution is 0.627. The molecule has 0 heterocycles. The predicted octanol–water partition coefficient (Wildman–Crippen LogP) is 4.93. The fourth-order valence-corrected chi connectivity index (χ4v) is 2.29. The lowest BCUT2D eigenvalue weighted by atomic mass is 9.93. The van der Waals surface area contributed by atoms with Gasteiger partial charge in [-0.25, -0.2) is 4.39 Å². The minimum atomic E-state index is -0.163. The van der Waals surface area contributed by atoms with E-state index < -0.39 is 0 Å². The highest BCUT2D eigenvalue weighted by Gasteiger charge is 2.08. The average molecular weight is 242 g/mol. The van der Waals surface area contributed by atoms with Crippen LogP contribution in [0.15, 0.2) is 36.4 Å². The fourth-order valence-electron chi connectivity index (χ4n) is 2.29. The highest BCUT2D eigenvalue weighted by atomic mass is 19.1. The molecule has 0 N–H and O–H groups in total. The van der Waals surface area contributed by atoms with Gasteiger partial charge in [0.1, 0.15) is 5.82 Å². The molecule has 0 aliphatic carbocycles. The van der Waals surface area contributed by atoms with E-state index in [1.165, 1.54) is 16.7 Å². The van der Waals surface area contributed by atoms with Gasteiger partial charge in [0.2, 0.25) is 0 Å². The van der Waals surface area contributed by atoms with Crippen LogP contribution in [-0.2, 0) is 12.8 Å². The number of hydrogen-bond acceptors (Lipinski definition) is 0. The van der Waals surface area contributed by atoms with Crippen molar-refractivity contribution in [2.75, 3.05) is 0 Å². The minimum absolute atomic E-state index is 0.163. The maximum absolute atomic E-state index is 13.5. The summed E-state index contributed by atoms with van der Waals surface area (Å²) in [6, 6.07) is 11.5. The summed E-state index contributed by atoms with van der Waals surface area (Å²) >= 11 is 0. The molecule has 2 rings (SSSR count). The number of benzene rings is 2. The Balaban J connectivity index is 2.63. The van der Waals surface area contributed by atoms with Gasteiger partial charge >= 0.3 is 0 Å². The van der Waals surface area contributed by atoms with Gasteiger partial charge in [-0.15, -0.1) is 0 Å². The second-order valence-electron chi connectivity index (χ2n) is 4.66. The minimum Gasteiger partial charge on any atom is -0.207 e. The number of hydrogen-bond donors (Lipinski definition) is 0. The normalized spacial score (nSPS) is 10.7. The molecule has 0 aromatic heterocycles. The third kappa shape index (κ3) is 2.45. The van der Waals surface area contributed by atoms with Gasteiger partial charge in [-0.05, 0) is 59.7 Å². The molecule has 0 amide bonds. The van der Waals surface area contributed by atoms with E-state index in [-0.39, 0.29) is 5.82 Å². The average Bonchev–Trinajstić information content (AvgIpc) is 2.39. The Morgan fingerprint density at radius 1 is 0.889 bits per heavy atom. The molecule has 0 nitrogen and oxygen atoms in total. The van der Waals surface area contributed by atoms with Crippen molar-refractivity contribution in [3.8, 4) is 11.1 Å². The Morgan fingerprint density at radius 2 is 1.67 bits per heavy atom. The zero-order valence-corrected chi connectivity index (χ0v) is 11.3.